The Bertz CT molecular complexity index is 920. The molecule has 0 saturated carbocycles. The number of piperidine rings is 1. The number of carbonyl (C=O) groups excluding carboxylic acids is 1. The van der Waals surface area contributed by atoms with E-state index in [0.717, 1.165) is 0 Å². The first kappa shape index (κ1) is 19.5. The molecule has 2 heterocycles. The predicted octanol–water partition coefficient (Wildman–Crippen LogP) is 1.44. The first-order valence-electron chi connectivity index (χ1n) is 8.74. The number of rotatable bonds is 5. The molecule has 1 fully saturated rings. The van der Waals surface area contributed by atoms with Crippen molar-refractivity contribution >= 4 is 15.9 Å². The third kappa shape index (κ3) is 4.54. The summed E-state index contributed by atoms with van der Waals surface area (Å²) in [5, 5.41) is 2.97. The summed E-state index contributed by atoms with van der Waals surface area (Å²) in [6.07, 6.45) is 5.47. The van der Waals surface area contributed by atoms with Crippen molar-refractivity contribution in [2.75, 3.05) is 19.3 Å². The molecule has 1 atom stereocenters. The zero-order chi connectivity index (χ0) is 19.6. The van der Waals surface area contributed by atoms with Crippen molar-refractivity contribution in [1.82, 2.24) is 19.2 Å². The van der Waals surface area contributed by atoms with E-state index in [-0.39, 0.29) is 17.6 Å². The molecule has 0 aliphatic carbocycles. The fourth-order valence-electron chi connectivity index (χ4n) is 3.35. The molecular weight excluding hydrogens is 371 g/mol. The lowest BCUT2D eigenvalue weighted by Gasteiger charge is -2.30. The number of aryl methyl sites for hydroxylation is 1. The van der Waals surface area contributed by atoms with E-state index in [4.69, 9.17) is 0 Å². The monoisotopic (exact) mass is 394 g/mol. The number of aromatic nitrogens is 2. The molecule has 7 nitrogen and oxygen atoms in total. The SMILES string of the molecule is Cn1ccnc1C(NC(=O)C1CCN(S(C)(=O)=O)CC1)c1cccc(F)c1. The molecule has 27 heavy (non-hydrogen) atoms. The van der Waals surface area contributed by atoms with Crippen molar-refractivity contribution in [3.05, 3.63) is 53.9 Å². The van der Waals surface area contributed by atoms with Crippen molar-refractivity contribution in [3.63, 3.8) is 0 Å². The number of benzene rings is 1. The minimum Gasteiger partial charge on any atom is -0.342 e. The summed E-state index contributed by atoms with van der Waals surface area (Å²) in [5.74, 6) is -0.260. The number of hydrogen-bond donors (Lipinski definition) is 1. The number of amides is 1. The zero-order valence-electron chi connectivity index (χ0n) is 15.3. The van der Waals surface area contributed by atoms with Crippen LogP contribution in [0, 0.1) is 11.7 Å². The van der Waals surface area contributed by atoms with Gasteiger partial charge in [-0.05, 0) is 30.5 Å². The fraction of sp³-hybridized carbons (Fsp3) is 0.444. The highest BCUT2D eigenvalue weighted by molar-refractivity contribution is 7.88. The molecule has 1 unspecified atom stereocenters. The lowest BCUT2D eigenvalue weighted by Crippen LogP contribution is -2.43. The van der Waals surface area contributed by atoms with Crippen LogP contribution in [-0.2, 0) is 21.9 Å². The molecule has 1 aliphatic heterocycles. The van der Waals surface area contributed by atoms with Gasteiger partial charge < -0.3 is 9.88 Å². The van der Waals surface area contributed by atoms with Crippen LogP contribution in [0.1, 0.15) is 30.3 Å². The average Bonchev–Trinajstić information content (AvgIpc) is 3.04. The van der Waals surface area contributed by atoms with Gasteiger partial charge in [-0.3, -0.25) is 4.79 Å². The molecule has 0 bridgehead atoms. The Balaban J connectivity index is 1.77. The van der Waals surface area contributed by atoms with Crippen LogP contribution in [-0.4, -0.2) is 47.5 Å². The van der Waals surface area contributed by atoms with Gasteiger partial charge in [0, 0.05) is 38.4 Å². The smallest absolute Gasteiger partial charge is 0.224 e. The Kier molecular flexibility index (Phi) is 5.61. The van der Waals surface area contributed by atoms with Crippen LogP contribution in [0.5, 0.6) is 0 Å². The van der Waals surface area contributed by atoms with Gasteiger partial charge in [-0.2, -0.15) is 0 Å². The van der Waals surface area contributed by atoms with E-state index < -0.39 is 16.1 Å². The molecule has 1 aromatic heterocycles. The van der Waals surface area contributed by atoms with Crippen LogP contribution < -0.4 is 5.32 Å². The first-order chi connectivity index (χ1) is 12.8. The molecule has 1 aliphatic rings. The summed E-state index contributed by atoms with van der Waals surface area (Å²) < 4.78 is 40.1. The Morgan fingerprint density at radius 2 is 2.04 bits per heavy atom. The van der Waals surface area contributed by atoms with Gasteiger partial charge in [0.05, 0.1) is 6.26 Å². The largest absolute Gasteiger partial charge is 0.342 e. The maximum Gasteiger partial charge on any atom is 0.224 e. The third-order valence-electron chi connectivity index (χ3n) is 4.88. The van der Waals surface area contributed by atoms with Crippen molar-refractivity contribution in [2.45, 2.75) is 18.9 Å². The van der Waals surface area contributed by atoms with E-state index in [1.54, 1.807) is 29.1 Å². The highest BCUT2D eigenvalue weighted by Crippen LogP contribution is 2.24. The summed E-state index contributed by atoms with van der Waals surface area (Å²) >= 11 is 0. The Morgan fingerprint density at radius 1 is 1.33 bits per heavy atom. The summed E-state index contributed by atoms with van der Waals surface area (Å²) in [6, 6.07) is 5.49. The number of nitrogens with one attached hydrogen (secondary N) is 1. The first-order valence-corrected chi connectivity index (χ1v) is 10.6. The number of hydrogen-bond acceptors (Lipinski definition) is 4. The van der Waals surface area contributed by atoms with Gasteiger partial charge >= 0.3 is 0 Å². The van der Waals surface area contributed by atoms with Crippen molar-refractivity contribution in [3.8, 4) is 0 Å². The number of halogens is 1. The Hall–Kier alpha value is -2.26. The topological polar surface area (TPSA) is 84.3 Å². The highest BCUT2D eigenvalue weighted by Gasteiger charge is 2.31. The quantitative estimate of drug-likeness (QED) is 0.832. The molecular formula is C18H23FN4O3S. The standard InChI is InChI=1S/C18H23FN4O3S/c1-22-11-8-20-17(22)16(14-4-3-5-15(19)12-14)21-18(24)13-6-9-23(10-7-13)27(2,25)26/h3-5,8,11-13,16H,6-7,9-10H2,1-2H3,(H,21,24). The molecule has 3 rings (SSSR count). The zero-order valence-corrected chi connectivity index (χ0v) is 16.1. The van der Waals surface area contributed by atoms with Gasteiger partial charge in [-0.1, -0.05) is 12.1 Å². The molecule has 1 N–H and O–H groups in total. The molecule has 1 aromatic carbocycles. The minimum atomic E-state index is -3.24. The normalized spacial score (nSPS) is 17.6. The van der Waals surface area contributed by atoms with E-state index in [1.165, 1.54) is 22.7 Å². The maximum absolute atomic E-state index is 13.7. The summed E-state index contributed by atoms with van der Waals surface area (Å²) in [4.78, 5) is 17.1. The van der Waals surface area contributed by atoms with E-state index in [0.29, 0.717) is 37.3 Å². The van der Waals surface area contributed by atoms with Gasteiger partial charge in [-0.15, -0.1) is 0 Å². The number of nitrogens with zero attached hydrogens (tertiary/aromatic N) is 3. The molecule has 146 valence electrons. The van der Waals surface area contributed by atoms with E-state index in [2.05, 4.69) is 10.3 Å². The average molecular weight is 394 g/mol. The fourth-order valence-corrected chi connectivity index (χ4v) is 4.22. The minimum absolute atomic E-state index is 0.180. The second kappa shape index (κ2) is 7.77. The van der Waals surface area contributed by atoms with Crippen molar-refractivity contribution in [2.24, 2.45) is 13.0 Å². The second-order valence-electron chi connectivity index (χ2n) is 6.83. The van der Waals surface area contributed by atoms with Gasteiger partial charge in [0.1, 0.15) is 17.7 Å². The van der Waals surface area contributed by atoms with Crippen LogP contribution in [0.25, 0.3) is 0 Å². The number of sulfonamides is 1. The predicted molar refractivity (Wildman–Crippen MR) is 98.7 cm³/mol. The second-order valence-corrected chi connectivity index (χ2v) is 8.81. The third-order valence-corrected chi connectivity index (χ3v) is 6.18. The maximum atomic E-state index is 13.7. The van der Waals surface area contributed by atoms with Crippen LogP contribution in [0.3, 0.4) is 0 Å². The van der Waals surface area contributed by atoms with Gasteiger partial charge in [0.15, 0.2) is 0 Å². The van der Waals surface area contributed by atoms with Crippen molar-refractivity contribution in [1.29, 1.82) is 0 Å². The molecule has 1 amide bonds. The molecule has 2 aromatic rings. The lowest BCUT2D eigenvalue weighted by molar-refractivity contribution is -0.126. The molecule has 1 saturated heterocycles. The highest BCUT2D eigenvalue weighted by atomic mass is 32.2. The molecule has 0 radical (unpaired) electrons. The number of carbonyl (C=O) groups is 1. The van der Waals surface area contributed by atoms with E-state index in [9.17, 15) is 17.6 Å². The summed E-state index contributed by atoms with van der Waals surface area (Å²) in [6.45, 7) is 0.647. The summed E-state index contributed by atoms with van der Waals surface area (Å²) in [5.41, 5.74) is 0.603. The molecule has 0 spiro atoms. The van der Waals surface area contributed by atoms with Crippen LogP contribution in [0.15, 0.2) is 36.7 Å². The number of imidazole rings is 1. The Morgan fingerprint density at radius 3 is 2.59 bits per heavy atom. The van der Waals surface area contributed by atoms with Crippen LogP contribution in [0.4, 0.5) is 4.39 Å². The van der Waals surface area contributed by atoms with Gasteiger partial charge in [-0.25, -0.2) is 22.1 Å². The van der Waals surface area contributed by atoms with E-state index in [1.807, 2.05) is 7.05 Å². The van der Waals surface area contributed by atoms with Crippen LogP contribution >= 0.6 is 0 Å². The molecule has 9 heteroatoms. The lowest BCUT2D eigenvalue weighted by atomic mass is 9.96. The summed E-state index contributed by atoms with van der Waals surface area (Å²) in [7, 11) is -1.43. The van der Waals surface area contributed by atoms with Crippen LogP contribution in [0.2, 0.25) is 0 Å². The van der Waals surface area contributed by atoms with E-state index >= 15 is 0 Å². The van der Waals surface area contributed by atoms with Gasteiger partial charge in [0.25, 0.3) is 0 Å². The Labute approximate surface area is 158 Å². The van der Waals surface area contributed by atoms with Crippen molar-refractivity contribution < 1.29 is 17.6 Å². The van der Waals surface area contributed by atoms with Gasteiger partial charge in [0.2, 0.25) is 15.9 Å².